The number of hydrogen-bond donors (Lipinski definition) is 1. The summed E-state index contributed by atoms with van der Waals surface area (Å²) in [5, 5.41) is 11.9. The number of aliphatic hydroxyl groups excluding tert-OH is 1. The lowest BCUT2D eigenvalue weighted by atomic mass is 10.2. The van der Waals surface area contributed by atoms with Crippen molar-refractivity contribution in [2.75, 3.05) is 13.6 Å². The van der Waals surface area contributed by atoms with Crippen LogP contribution in [0.2, 0.25) is 0 Å². The fourth-order valence-corrected chi connectivity index (χ4v) is 2.63. The maximum atomic E-state index is 12.1. The van der Waals surface area contributed by atoms with E-state index in [0.717, 1.165) is 22.2 Å². The number of aryl methyl sites for hydroxylation is 1. The van der Waals surface area contributed by atoms with Crippen LogP contribution in [0, 0.1) is 6.92 Å². The minimum absolute atomic E-state index is 0.00289. The Labute approximate surface area is 128 Å². The summed E-state index contributed by atoms with van der Waals surface area (Å²) in [7, 11) is 1.74. The first kappa shape index (κ1) is 15.7. The number of carbonyl (C=O) groups excluding carboxylic acids is 1. The molecule has 21 heavy (non-hydrogen) atoms. The molecule has 2 aromatic heterocycles. The maximum absolute atomic E-state index is 12.1. The summed E-state index contributed by atoms with van der Waals surface area (Å²) in [4.78, 5) is 18.1. The molecular formula is C15H20N2O3S. The Kier molecular flexibility index (Phi) is 5.14. The average molecular weight is 308 g/mol. The predicted octanol–water partition coefficient (Wildman–Crippen LogP) is 2.48. The van der Waals surface area contributed by atoms with Crippen molar-refractivity contribution in [1.82, 2.24) is 9.88 Å². The normalized spacial score (nSPS) is 12.4. The van der Waals surface area contributed by atoms with E-state index < -0.39 is 6.10 Å². The van der Waals surface area contributed by atoms with E-state index in [0.29, 0.717) is 13.0 Å². The number of carbonyl (C=O) groups is 1. The van der Waals surface area contributed by atoms with Gasteiger partial charge in [0.05, 0.1) is 18.2 Å². The van der Waals surface area contributed by atoms with Crippen LogP contribution < -0.4 is 0 Å². The number of likely N-dealkylation sites (N-methyl/N-ethyl adjacent to an activating group) is 1. The molecule has 0 aliphatic heterocycles. The van der Waals surface area contributed by atoms with Crippen molar-refractivity contribution in [3.63, 3.8) is 0 Å². The lowest BCUT2D eigenvalue weighted by Crippen LogP contribution is -2.30. The van der Waals surface area contributed by atoms with Crippen molar-refractivity contribution in [2.45, 2.75) is 32.8 Å². The van der Waals surface area contributed by atoms with Gasteiger partial charge in [0, 0.05) is 19.0 Å². The zero-order valence-electron chi connectivity index (χ0n) is 12.5. The highest BCUT2D eigenvalue weighted by Gasteiger charge is 2.14. The van der Waals surface area contributed by atoms with Gasteiger partial charge in [0.25, 0.3) is 0 Å². The van der Waals surface area contributed by atoms with Crippen LogP contribution in [-0.2, 0) is 11.2 Å². The zero-order chi connectivity index (χ0) is 15.4. The van der Waals surface area contributed by atoms with Crippen LogP contribution in [0.1, 0.15) is 24.8 Å². The van der Waals surface area contributed by atoms with Gasteiger partial charge in [0.2, 0.25) is 5.91 Å². The molecule has 1 amide bonds. The largest absolute Gasteiger partial charge is 0.459 e. The zero-order valence-corrected chi connectivity index (χ0v) is 13.3. The fraction of sp³-hybridized carbons (Fsp3) is 0.467. The van der Waals surface area contributed by atoms with E-state index in [1.165, 1.54) is 11.3 Å². The Hall–Kier alpha value is -1.66. The second kappa shape index (κ2) is 6.87. The van der Waals surface area contributed by atoms with Gasteiger partial charge in [-0.25, -0.2) is 4.98 Å². The van der Waals surface area contributed by atoms with E-state index in [1.54, 1.807) is 18.9 Å². The molecule has 0 spiro atoms. The lowest BCUT2D eigenvalue weighted by Gasteiger charge is -2.17. The Morgan fingerprint density at radius 3 is 2.90 bits per heavy atom. The van der Waals surface area contributed by atoms with Crippen LogP contribution in [0.25, 0.3) is 10.8 Å². The number of aliphatic hydroxyl groups is 1. The smallest absolute Gasteiger partial charge is 0.228 e. The highest BCUT2D eigenvalue weighted by molar-refractivity contribution is 7.13. The molecule has 1 atom stereocenters. The summed E-state index contributed by atoms with van der Waals surface area (Å²) >= 11 is 1.47. The Bertz CT molecular complexity index is 604. The molecule has 0 aliphatic rings. The topological polar surface area (TPSA) is 66.6 Å². The van der Waals surface area contributed by atoms with Crippen molar-refractivity contribution in [2.24, 2.45) is 0 Å². The first-order chi connectivity index (χ1) is 9.95. The van der Waals surface area contributed by atoms with Crippen LogP contribution in [0.15, 0.2) is 21.9 Å². The van der Waals surface area contributed by atoms with E-state index in [4.69, 9.17) is 4.42 Å². The lowest BCUT2D eigenvalue weighted by molar-refractivity contribution is -0.129. The van der Waals surface area contributed by atoms with E-state index in [1.807, 2.05) is 24.4 Å². The van der Waals surface area contributed by atoms with E-state index >= 15 is 0 Å². The molecule has 2 rings (SSSR count). The summed E-state index contributed by atoms with van der Waals surface area (Å²) < 4.78 is 5.53. The van der Waals surface area contributed by atoms with Crippen molar-refractivity contribution in [1.29, 1.82) is 0 Å². The van der Waals surface area contributed by atoms with Crippen LogP contribution >= 0.6 is 11.3 Å². The molecule has 2 aromatic rings. The van der Waals surface area contributed by atoms with Gasteiger partial charge in [0.1, 0.15) is 5.76 Å². The van der Waals surface area contributed by atoms with Gasteiger partial charge >= 0.3 is 0 Å². The molecule has 0 aromatic carbocycles. The Morgan fingerprint density at radius 1 is 1.52 bits per heavy atom. The van der Waals surface area contributed by atoms with E-state index in [-0.39, 0.29) is 12.3 Å². The standard InChI is InChI=1S/C15H20N2O3S/c1-10(18)6-7-17(3)14(19)8-12-9-21-15(16-12)13-5-4-11(2)20-13/h4-5,9-10,18H,6-8H2,1-3H3. The molecule has 2 heterocycles. The van der Waals surface area contributed by atoms with Gasteiger partial charge in [0.15, 0.2) is 10.8 Å². The summed E-state index contributed by atoms with van der Waals surface area (Å²) in [6.07, 6.45) is 0.455. The van der Waals surface area contributed by atoms with Crippen LogP contribution in [0.5, 0.6) is 0 Å². The molecular weight excluding hydrogens is 288 g/mol. The third-order valence-electron chi connectivity index (χ3n) is 3.14. The number of furan rings is 1. The summed E-state index contributed by atoms with van der Waals surface area (Å²) in [6.45, 7) is 4.15. The highest BCUT2D eigenvalue weighted by atomic mass is 32.1. The number of thiazole rings is 1. The molecule has 114 valence electrons. The van der Waals surface area contributed by atoms with Gasteiger partial charge < -0.3 is 14.4 Å². The number of rotatable bonds is 6. The van der Waals surface area contributed by atoms with Gasteiger partial charge in [-0.3, -0.25) is 4.79 Å². The van der Waals surface area contributed by atoms with Gasteiger partial charge in [-0.1, -0.05) is 0 Å². The van der Waals surface area contributed by atoms with E-state index in [9.17, 15) is 9.90 Å². The van der Waals surface area contributed by atoms with Gasteiger partial charge in [-0.05, 0) is 32.4 Å². The van der Waals surface area contributed by atoms with Crippen LogP contribution in [0.3, 0.4) is 0 Å². The average Bonchev–Trinajstić information content (AvgIpc) is 3.04. The number of aromatic nitrogens is 1. The molecule has 5 nitrogen and oxygen atoms in total. The SMILES string of the molecule is Cc1ccc(-c2nc(CC(=O)N(C)CCC(C)O)cs2)o1. The first-order valence-corrected chi connectivity index (χ1v) is 7.77. The first-order valence-electron chi connectivity index (χ1n) is 6.89. The van der Waals surface area contributed by atoms with Gasteiger partial charge in [-0.15, -0.1) is 11.3 Å². The molecule has 0 saturated carbocycles. The molecule has 0 saturated heterocycles. The minimum atomic E-state index is -0.395. The Balaban J connectivity index is 1.94. The van der Waals surface area contributed by atoms with Gasteiger partial charge in [-0.2, -0.15) is 0 Å². The number of nitrogens with zero attached hydrogens (tertiary/aromatic N) is 2. The van der Waals surface area contributed by atoms with Crippen molar-refractivity contribution in [3.8, 4) is 10.8 Å². The summed E-state index contributed by atoms with van der Waals surface area (Å²) in [5.74, 6) is 1.58. The molecule has 1 N–H and O–H groups in total. The second-order valence-electron chi connectivity index (χ2n) is 5.18. The number of hydrogen-bond acceptors (Lipinski definition) is 5. The monoisotopic (exact) mass is 308 g/mol. The fourth-order valence-electron chi connectivity index (χ4n) is 1.85. The van der Waals surface area contributed by atoms with Crippen LogP contribution in [0.4, 0.5) is 0 Å². The summed E-state index contributed by atoms with van der Waals surface area (Å²) in [6, 6.07) is 3.78. The molecule has 0 bridgehead atoms. The Morgan fingerprint density at radius 2 is 2.29 bits per heavy atom. The molecule has 0 radical (unpaired) electrons. The van der Waals surface area contributed by atoms with E-state index in [2.05, 4.69) is 4.98 Å². The number of amides is 1. The maximum Gasteiger partial charge on any atom is 0.228 e. The third-order valence-corrected chi connectivity index (χ3v) is 4.05. The third kappa shape index (κ3) is 4.41. The minimum Gasteiger partial charge on any atom is -0.459 e. The molecule has 1 unspecified atom stereocenters. The predicted molar refractivity (Wildman–Crippen MR) is 82.2 cm³/mol. The van der Waals surface area contributed by atoms with Crippen LogP contribution in [-0.4, -0.2) is 40.6 Å². The molecule has 6 heteroatoms. The molecule has 0 aliphatic carbocycles. The summed E-state index contributed by atoms with van der Waals surface area (Å²) in [5.41, 5.74) is 0.748. The highest BCUT2D eigenvalue weighted by Crippen LogP contribution is 2.25. The van der Waals surface area contributed by atoms with Crippen molar-refractivity contribution < 1.29 is 14.3 Å². The second-order valence-corrected chi connectivity index (χ2v) is 6.04. The van der Waals surface area contributed by atoms with Crippen molar-refractivity contribution in [3.05, 3.63) is 29.0 Å². The van der Waals surface area contributed by atoms with Crippen molar-refractivity contribution >= 4 is 17.2 Å². The quantitative estimate of drug-likeness (QED) is 0.890. The molecule has 0 fully saturated rings.